The molecule has 160 valence electrons. The van der Waals surface area contributed by atoms with Gasteiger partial charge in [0, 0.05) is 43.1 Å². The molecule has 29 heavy (non-hydrogen) atoms. The number of ketones is 1. The van der Waals surface area contributed by atoms with E-state index in [1.165, 1.54) is 0 Å². The second-order valence-corrected chi connectivity index (χ2v) is 10.6. The van der Waals surface area contributed by atoms with Crippen LogP contribution in [0.25, 0.3) is 0 Å². The largest absolute Gasteiger partial charge is 0.461 e. The molecule has 6 nitrogen and oxygen atoms in total. The summed E-state index contributed by atoms with van der Waals surface area (Å²) in [7, 11) is 0. The fourth-order valence-corrected chi connectivity index (χ4v) is 7.24. The maximum absolute atomic E-state index is 12.8. The highest BCUT2D eigenvalue weighted by atomic mass is 16.6. The smallest absolute Gasteiger partial charge is 0.306 e. The molecule has 2 saturated heterocycles. The van der Waals surface area contributed by atoms with Crippen LogP contribution in [0.4, 0.5) is 0 Å². The van der Waals surface area contributed by atoms with E-state index < -0.39 is 0 Å². The summed E-state index contributed by atoms with van der Waals surface area (Å²) in [4.78, 5) is 31.2. The number of nitrogens with one attached hydrogen (secondary N) is 1. The van der Waals surface area contributed by atoms with E-state index in [0.29, 0.717) is 36.9 Å². The fraction of sp³-hybridized carbons (Fsp3) is 0.870. The molecule has 0 radical (unpaired) electrons. The zero-order chi connectivity index (χ0) is 20.2. The summed E-state index contributed by atoms with van der Waals surface area (Å²) >= 11 is 0. The number of fused-ring (bicyclic) bond motifs is 5. The number of nitrogens with zero attached hydrogens (tertiary/aromatic N) is 1. The maximum Gasteiger partial charge on any atom is 0.306 e. The van der Waals surface area contributed by atoms with Crippen LogP contribution in [0.1, 0.15) is 71.6 Å². The van der Waals surface area contributed by atoms with E-state index in [1.54, 1.807) is 0 Å². The van der Waals surface area contributed by atoms with Gasteiger partial charge in [-0.2, -0.15) is 0 Å². The van der Waals surface area contributed by atoms with Gasteiger partial charge in [0.2, 0.25) is 0 Å². The van der Waals surface area contributed by atoms with Crippen molar-refractivity contribution >= 4 is 17.5 Å². The number of ether oxygens (including phenoxy) is 1. The van der Waals surface area contributed by atoms with E-state index in [1.807, 2.05) is 0 Å². The molecular weight excluding hydrogens is 368 g/mol. The van der Waals surface area contributed by atoms with Crippen molar-refractivity contribution in [1.82, 2.24) is 5.32 Å². The summed E-state index contributed by atoms with van der Waals surface area (Å²) in [5.41, 5.74) is 0.780. The van der Waals surface area contributed by atoms with Crippen molar-refractivity contribution in [1.29, 1.82) is 0 Å². The van der Waals surface area contributed by atoms with Crippen LogP contribution in [-0.2, 0) is 19.2 Å². The summed E-state index contributed by atoms with van der Waals surface area (Å²) in [6.45, 7) is 6.32. The Balaban J connectivity index is 1.37. The fourth-order valence-electron chi connectivity index (χ4n) is 7.24. The molecule has 5 fully saturated rings. The molecule has 0 aromatic rings. The highest BCUT2D eigenvalue weighted by Crippen LogP contribution is 2.62. The Morgan fingerprint density at radius 1 is 1.07 bits per heavy atom. The Labute approximate surface area is 173 Å². The zero-order valence-corrected chi connectivity index (χ0v) is 17.7. The number of rotatable bonds is 2. The molecule has 5 rings (SSSR count). The highest BCUT2D eigenvalue weighted by Gasteiger charge is 2.60. The van der Waals surface area contributed by atoms with Crippen LogP contribution in [0, 0.1) is 28.6 Å². The Bertz CT molecular complexity index is 730. The third kappa shape index (κ3) is 3.13. The van der Waals surface area contributed by atoms with Crippen molar-refractivity contribution in [2.24, 2.45) is 33.7 Å². The van der Waals surface area contributed by atoms with Crippen molar-refractivity contribution in [3.8, 4) is 0 Å². The molecule has 1 unspecified atom stereocenters. The predicted octanol–water partition coefficient (Wildman–Crippen LogP) is 3.24. The number of carbonyl (C=O) groups is 2. The van der Waals surface area contributed by atoms with Gasteiger partial charge in [-0.3, -0.25) is 9.59 Å². The second kappa shape index (κ2) is 7.07. The first-order valence-corrected chi connectivity index (χ1v) is 11.6. The number of hydrogen-bond acceptors (Lipinski definition) is 6. The van der Waals surface area contributed by atoms with Gasteiger partial charge >= 0.3 is 5.97 Å². The van der Waals surface area contributed by atoms with Crippen molar-refractivity contribution in [3.05, 3.63) is 0 Å². The lowest BCUT2D eigenvalue weighted by Gasteiger charge is -2.52. The molecule has 0 aromatic carbocycles. The molecule has 1 N–H and O–H groups in total. The number of hydrogen-bond donors (Lipinski definition) is 1. The lowest BCUT2D eigenvalue weighted by Crippen LogP contribution is -2.51. The number of Topliss-reactive ketones (excluding diaryl/α,β-unsaturated/α-hetero) is 1. The van der Waals surface area contributed by atoms with Crippen molar-refractivity contribution in [3.63, 3.8) is 0 Å². The molecule has 0 bridgehead atoms. The second-order valence-electron chi connectivity index (χ2n) is 10.6. The number of esters is 1. The van der Waals surface area contributed by atoms with E-state index in [9.17, 15) is 9.59 Å². The molecule has 0 amide bonds. The summed E-state index contributed by atoms with van der Waals surface area (Å²) in [6.07, 6.45) is 7.71. The molecule has 2 aliphatic heterocycles. The molecule has 0 spiro atoms. The standard InChI is InChI=1S/C23H34N2O4/c1-22-9-6-18-16(17(22)3-4-19(22)26)12-21(27)28-20-11-14(5-8-23(18,20)2)25-29-15-7-10-24-13-15/h15-18,20,24H,3-13H2,1-2H3/b25-14+/t15-,16+,17+,18+,20?,22+,23-/m1/s1. The number of carbonyl (C=O) groups excluding carboxylic acids is 2. The van der Waals surface area contributed by atoms with E-state index in [4.69, 9.17) is 9.57 Å². The summed E-state index contributed by atoms with van der Waals surface area (Å²) in [5, 5.41) is 7.76. The first kappa shape index (κ1) is 19.5. The van der Waals surface area contributed by atoms with E-state index >= 15 is 0 Å². The average molecular weight is 403 g/mol. The van der Waals surface area contributed by atoms with Crippen molar-refractivity contribution in [2.75, 3.05) is 13.1 Å². The Hall–Kier alpha value is -1.43. The summed E-state index contributed by atoms with van der Waals surface area (Å²) in [6, 6.07) is 0. The van der Waals surface area contributed by atoms with Crippen LogP contribution in [-0.4, -0.2) is 42.8 Å². The van der Waals surface area contributed by atoms with E-state index in [-0.39, 0.29) is 34.9 Å². The van der Waals surface area contributed by atoms with Crippen LogP contribution in [0.2, 0.25) is 0 Å². The molecule has 2 heterocycles. The van der Waals surface area contributed by atoms with Gasteiger partial charge in [0.15, 0.2) is 0 Å². The first-order chi connectivity index (χ1) is 13.9. The molecule has 6 heteroatoms. The van der Waals surface area contributed by atoms with Gasteiger partial charge in [-0.1, -0.05) is 19.0 Å². The van der Waals surface area contributed by atoms with Gasteiger partial charge in [0.1, 0.15) is 18.0 Å². The van der Waals surface area contributed by atoms with Crippen LogP contribution in [0.3, 0.4) is 0 Å². The van der Waals surface area contributed by atoms with Gasteiger partial charge in [0.05, 0.1) is 5.71 Å². The minimum absolute atomic E-state index is 0.0300. The summed E-state index contributed by atoms with van der Waals surface area (Å²) < 4.78 is 6.05. The molecule has 5 aliphatic rings. The summed E-state index contributed by atoms with van der Waals surface area (Å²) in [5.74, 6) is 1.40. The minimum Gasteiger partial charge on any atom is -0.461 e. The van der Waals surface area contributed by atoms with E-state index in [0.717, 1.165) is 57.3 Å². The van der Waals surface area contributed by atoms with Crippen LogP contribution in [0.5, 0.6) is 0 Å². The Morgan fingerprint density at radius 2 is 1.93 bits per heavy atom. The van der Waals surface area contributed by atoms with Gasteiger partial charge in [-0.15, -0.1) is 0 Å². The van der Waals surface area contributed by atoms with Gasteiger partial charge in [-0.25, -0.2) is 0 Å². The van der Waals surface area contributed by atoms with Gasteiger partial charge in [-0.05, 0) is 56.4 Å². The van der Waals surface area contributed by atoms with E-state index in [2.05, 4.69) is 24.3 Å². The zero-order valence-electron chi connectivity index (χ0n) is 17.7. The molecular formula is C23H34N2O4. The highest BCUT2D eigenvalue weighted by molar-refractivity contribution is 5.88. The third-order valence-corrected chi connectivity index (χ3v) is 9.12. The molecule has 0 aromatic heterocycles. The monoisotopic (exact) mass is 402 g/mol. The van der Waals surface area contributed by atoms with Crippen LogP contribution >= 0.6 is 0 Å². The van der Waals surface area contributed by atoms with Crippen molar-refractivity contribution in [2.45, 2.75) is 83.8 Å². The van der Waals surface area contributed by atoms with Crippen molar-refractivity contribution < 1.29 is 19.2 Å². The lowest BCUT2D eigenvalue weighted by molar-refractivity contribution is -0.154. The SMILES string of the molecule is C[C@]12CC/C(=N\O[C@@H]3CCNC3)CC1OC(=O)C[C@@H]1[C@@H]2CC[C@]2(C)C(=O)CC[C@@H]12. The molecule has 7 atom stereocenters. The third-order valence-electron chi connectivity index (χ3n) is 9.12. The topological polar surface area (TPSA) is 77.0 Å². The van der Waals surface area contributed by atoms with Gasteiger partial charge < -0.3 is 14.9 Å². The Morgan fingerprint density at radius 3 is 2.72 bits per heavy atom. The maximum atomic E-state index is 12.8. The lowest BCUT2D eigenvalue weighted by atomic mass is 9.51. The molecule has 3 saturated carbocycles. The number of oxime groups is 1. The van der Waals surface area contributed by atoms with Crippen LogP contribution in [0.15, 0.2) is 5.16 Å². The molecule has 3 aliphatic carbocycles. The van der Waals surface area contributed by atoms with Crippen LogP contribution < -0.4 is 5.32 Å². The average Bonchev–Trinajstić information content (AvgIpc) is 3.28. The normalized spacial score (nSPS) is 48.5. The Kier molecular flexibility index (Phi) is 4.76. The predicted molar refractivity (Wildman–Crippen MR) is 108 cm³/mol. The van der Waals surface area contributed by atoms with Gasteiger partial charge in [0.25, 0.3) is 0 Å². The first-order valence-electron chi connectivity index (χ1n) is 11.6. The quantitative estimate of drug-likeness (QED) is 0.567. The minimum atomic E-state index is -0.220.